The van der Waals surface area contributed by atoms with E-state index in [2.05, 4.69) is 26.2 Å². The molecular weight excluding hydrogens is 582 g/mol. The third-order valence-corrected chi connectivity index (χ3v) is 7.13. The monoisotopic (exact) mass is 609 g/mol. The molecule has 0 aliphatic carbocycles. The number of anilines is 1. The molecule has 1 N–H and O–H groups in total. The average molecular weight is 611 g/mol. The molecule has 0 aromatic heterocycles. The highest BCUT2D eigenvalue weighted by Gasteiger charge is 2.32. The van der Waals surface area contributed by atoms with Crippen molar-refractivity contribution in [1.82, 2.24) is 4.90 Å². The number of halogens is 1. The van der Waals surface area contributed by atoms with Crippen LogP contribution in [0.5, 0.6) is 17.2 Å². The average Bonchev–Trinajstić information content (AvgIpc) is 3.22. The van der Waals surface area contributed by atoms with Crippen LogP contribution in [0.3, 0.4) is 0 Å². The molecule has 3 aromatic rings. The first-order chi connectivity index (χ1) is 18.9. The molecule has 1 saturated heterocycles. The Hall–Kier alpha value is -3.76. The molecule has 8 nitrogen and oxygen atoms in total. The smallest absolute Gasteiger partial charge is 0.266 e. The van der Waals surface area contributed by atoms with Crippen molar-refractivity contribution in [3.05, 3.63) is 81.7 Å². The first-order valence-electron chi connectivity index (χ1n) is 12.3. The topological polar surface area (TPSA) is 89.5 Å². The predicted molar refractivity (Wildman–Crippen MR) is 159 cm³/mol. The molecule has 0 unspecified atom stereocenters. The highest BCUT2D eigenvalue weighted by Crippen LogP contribution is 2.40. The molecule has 3 aromatic carbocycles. The maximum absolute atomic E-state index is 13.2. The second kappa shape index (κ2) is 13.3. The van der Waals surface area contributed by atoms with Gasteiger partial charge in [0.15, 0.2) is 23.3 Å². The molecular formula is C29H28BrN3O5S. The zero-order valence-electron chi connectivity index (χ0n) is 21.8. The number of thioether (sulfide) groups is 1. The number of hydrogen-bond acceptors (Lipinski definition) is 7. The lowest BCUT2D eigenvalue weighted by molar-refractivity contribution is -0.122. The number of carbonyl (C=O) groups excluding carboxylic acids is 2. The van der Waals surface area contributed by atoms with Gasteiger partial charge < -0.3 is 19.5 Å². The maximum atomic E-state index is 13.2. The number of nitrogens with one attached hydrogen (secondary N) is 1. The Bertz CT molecular complexity index is 1390. The van der Waals surface area contributed by atoms with Gasteiger partial charge in [-0.25, -0.2) is 4.99 Å². The van der Waals surface area contributed by atoms with Gasteiger partial charge in [-0.05, 0) is 102 Å². The molecule has 0 radical (unpaired) electrons. The van der Waals surface area contributed by atoms with E-state index in [-0.39, 0.29) is 18.4 Å². The summed E-state index contributed by atoms with van der Waals surface area (Å²) in [6.45, 7) is 4.47. The summed E-state index contributed by atoms with van der Waals surface area (Å²) >= 11 is 4.85. The second-order valence-corrected chi connectivity index (χ2v) is 10.1. The molecule has 1 aliphatic heterocycles. The van der Waals surface area contributed by atoms with Crippen LogP contribution in [0.25, 0.3) is 6.08 Å². The van der Waals surface area contributed by atoms with Gasteiger partial charge in [-0.2, -0.15) is 0 Å². The number of ether oxygens (including phenoxy) is 3. The zero-order chi connectivity index (χ0) is 27.8. The summed E-state index contributed by atoms with van der Waals surface area (Å²) in [6, 6.07) is 20.1. The fourth-order valence-corrected chi connectivity index (χ4v) is 5.36. The molecule has 2 amide bonds. The van der Waals surface area contributed by atoms with Crippen LogP contribution in [0.1, 0.15) is 19.4 Å². The van der Waals surface area contributed by atoms with E-state index >= 15 is 0 Å². The van der Waals surface area contributed by atoms with Crippen LogP contribution in [0.4, 0.5) is 11.4 Å². The molecule has 202 valence electrons. The Kier molecular flexibility index (Phi) is 9.67. The van der Waals surface area contributed by atoms with Gasteiger partial charge in [-0.1, -0.05) is 18.2 Å². The number of likely N-dealkylation sites (N-methyl/N-ethyl adjacent to an activating group) is 1. The van der Waals surface area contributed by atoms with Gasteiger partial charge in [0.05, 0.1) is 28.8 Å². The van der Waals surface area contributed by atoms with Crippen molar-refractivity contribution in [3.63, 3.8) is 0 Å². The summed E-state index contributed by atoms with van der Waals surface area (Å²) < 4.78 is 17.4. The van der Waals surface area contributed by atoms with E-state index < -0.39 is 0 Å². The lowest BCUT2D eigenvalue weighted by Crippen LogP contribution is -2.28. The minimum absolute atomic E-state index is 0.123. The molecule has 1 heterocycles. The Labute approximate surface area is 240 Å². The number of aliphatic imine (C=N–C) groups is 1. The van der Waals surface area contributed by atoms with Gasteiger partial charge in [0.1, 0.15) is 5.75 Å². The molecule has 0 bridgehead atoms. The van der Waals surface area contributed by atoms with E-state index in [0.29, 0.717) is 44.9 Å². The van der Waals surface area contributed by atoms with E-state index in [1.54, 1.807) is 36.3 Å². The lowest BCUT2D eigenvalue weighted by Gasteiger charge is -2.15. The minimum Gasteiger partial charge on any atom is -0.497 e. The third kappa shape index (κ3) is 7.21. The highest BCUT2D eigenvalue weighted by molar-refractivity contribution is 9.10. The molecule has 39 heavy (non-hydrogen) atoms. The molecule has 0 saturated carbocycles. The summed E-state index contributed by atoms with van der Waals surface area (Å²) in [5, 5.41) is 3.40. The number of hydrogen-bond donors (Lipinski definition) is 1. The van der Waals surface area contributed by atoms with Crippen LogP contribution in [-0.4, -0.2) is 48.8 Å². The molecule has 0 atom stereocenters. The normalized spacial score (nSPS) is 15.1. The summed E-state index contributed by atoms with van der Waals surface area (Å²) in [6.07, 6.45) is 1.80. The van der Waals surface area contributed by atoms with Crippen LogP contribution in [0.15, 0.2) is 81.1 Å². The first kappa shape index (κ1) is 28.3. The largest absolute Gasteiger partial charge is 0.497 e. The summed E-state index contributed by atoms with van der Waals surface area (Å²) in [5.74, 6) is 1.19. The number of carbonyl (C=O) groups is 2. The quantitative estimate of drug-likeness (QED) is 0.264. The maximum Gasteiger partial charge on any atom is 0.266 e. The number of rotatable bonds is 10. The Balaban J connectivity index is 1.54. The van der Waals surface area contributed by atoms with Crippen molar-refractivity contribution in [2.45, 2.75) is 13.8 Å². The van der Waals surface area contributed by atoms with E-state index in [0.717, 1.165) is 17.0 Å². The summed E-state index contributed by atoms with van der Waals surface area (Å²) in [7, 11) is 1.61. The molecule has 10 heteroatoms. The van der Waals surface area contributed by atoms with E-state index in [1.807, 2.05) is 62.4 Å². The molecule has 1 aliphatic rings. The molecule has 1 fully saturated rings. The van der Waals surface area contributed by atoms with Crippen molar-refractivity contribution in [3.8, 4) is 17.2 Å². The first-order valence-corrected chi connectivity index (χ1v) is 13.9. The van der Waals surface area contributed by atoms with Crippen LogP contribution in [0, 0.1) is 0 Å². The second-order valence-electron chi connectivity index (χ2n) is 8.22. The zero-order valence-corrected chi connectivity index (χ0v) is 24.2. The SMILES string of the molecule is CCOc1cc(/C=C2/SC(=Nc3ccc(OC)cc3)N(CC)C2=O)cc(Br)c1OCC(=O)Nc1ccccc1. The number of amidine groups is 1. The lowest BCUT2D eigenvalue weighted by atomic mass is 10.2. The van der Waals surface area contributed by atoms with Crippen molar-refractivity contribution in [1.29, 1.82) is 0 Å². The number of nitrogens with zero attached hydrogens (tertiary/aromatic N) is 2. The third-order valence-electron chi connectivity index (χ3n) is 5.54. The summed E-state index contributed by atoms with van der Waals surface area (Å²) in [4.78, 5) is 32.4. The van der Waals surface area contributed by atoms with Crippen molar-refractivity contribution >= 4 is 62.1 Å². The van der Waals surface area contributed by atoms with Crippen LogP contribution < -0.4 is 19.5 Å². The van der Waals surface area contributed by atoms with Gasteiger partial charge in [0.2, 0.25) is 0 Å². The minimum atomic E-state index is -0.293. The van der Waals surface area contributed by atoms with Gasteiger partial charge in [0, 0.05) is 12.2 Å². The number of para-hydroxylation sites is 1. The number of methoxy groups -OCH3 is 1. The fraction of sp³-hybridized carbons (Fsp3) is 0.207. The Morgan fingerprint density at radius 2 is 1.82 bits per heavy atom. The Morgan fingerprint density at radius 1 is 1.08 bits per heavy atom. The molecule has 4 rings (SSSR count). The van der Waals surface area contributed by atoms with Crippen molar-refractivity contribution < 1.29 is 23.8 Å². The van der Waals surface area contributed by atoms with E-state index in [1.165, 1.54) is 11.8 Å². The van der Waals surface area contributed by atoms with Gasteiger partial charge in [-0.15, -0.1) is 0 Å². The van der Waals surface area contributed by atoms with E-state index in [4.69, 9.17) is 14.2 Å². The van der Waals surface area contributed by atoms with Gasteiger partial charge >= 0.3 is 0 Å². The van der Waals surface area contributed by atoms with Crippen LogP contribution in [0.2, 0.25) is 0 Å². The van der Waals surface area contributed by atoms with Crippen molar-refractivity contribution in [2.75, 3.05) is 32.2 Å². The van der Waals surface area contributed by atoms with Crippen LogP contribution in [-0.2, 0) is 9.59 Å². The highest BCUT2D eigenvalue weighted by atomic mass is 79.9. The van der Waals surface area contributed by atoms with Gasteiger partial charge in [-0.3, -0.25) is 14.5 Å². The number of amides is 2. The van der Waals surface area contributed by atoms with Gasteiger partial charge in [0.25, 0.3) is 11.8 Å². The fourth-order valence-electron chi connectivity index (χ4n) is 3.72. The van der Waals surface area contributed by atoms with Crippen molar-refractivity contribution in [2.24, 2.45) is 4.99 Å². The summed E-state index contributed by atoms with van der Waals surface area (Å²) in [5.41, 5.74) is 2.15. The molecule has 0 spiro atoms. The van der Waals surface area contributed by atoms with Crippen LogP contribution >= 0.6 is 27.7 Å². The predicted octanol–water partition coefficient (Wildman–Crippen LogP) is 6.50. The number of benzene rings is 3. The Morgan fingerprint density at radius 3 is 2.49 bits per heavy atom. The standard InChI is InChI=1S/C29H28BrN3O5S/c1-4-33-28(35)25(39-29(33)32-21-11-13-22(36-3)14-12-21)17-19-15-23(30)27(24(16-19)37-5-2)38-18-26(34)31-20-9-7-6-8-10-20/h6-17H,4-5,18H2,1-3H3,(H,31,34)/b25-17+,32-29?. The van der Waals surface area contributed by atoms with E-state index in [9.17, 15) is 9.59 Å².